The molecule has 0 aromatic heterocycles. The van der Waals surface area contributed by atoms with Gasteiger partial charge in [0.1, 0.15) is 8.11 Å². The highest BCUT2D eigenvalue weighted by Crippen LogP contribution is 2.36. The molecular weight excluding hydrogens is 281 g/mol. The lowest BCUT2D eigenvalue weighted by Crippen LogP contribution is -2.15. The highest BCUT2D eigenvalue weighted by Gasteiger charge is 2.23. The lowest BCUT2D eigenvalue weighted by Gasteiger charge is -2.24. The molecule has 0 spiro atoms. The van der Waals surface area contributed by atoms with Gasteiger partial charge >= 0.3 is 6.61 Å². The summed E-state index contributed by atoms with van der Waals surface area (Å²) in [7, 11) is -1.04. The Labute approximate surface area is 110 Å². The first-order chi connectivity index (χ1) is 8.56. The molecule has 6 heteroatoms. The van der Waals surface area contributed by atoms with Crippen LogP contribution in [0.2, 0.25) is 12.1 Å². The normalized spacial score (nSPS) is 24.3. The molecule has 1 heterocycles. The third-order valence-electron chi connectivity index (χ3n) is 3.30. The second-order valence-electron chi connectivity index (χ2n) is 4.52. The largest absolute Gasteiger partial charge is 0.432 e. The van der Waals surface area contributed by atoms with E-state index in [9.17, 15) is 13.2 Å². The molecule has 100 valence electrons. The zero-order chi connectivity index (χ0) is 13.1. The Morgan fingerprint density at radius 1 is 1.28 bits per heavy atom. The van der Waals surface area contributed by atoms with Crippen LogP contribution in [0.4, 0.5) is 13.2 Å². The van der Waals surface area contributed by atoms with Crippen LogP contribution >= 0.6 is 11.1 Å². The van der Waals surface area contributed by atoms with E-state index in [0.717, 1.165) is 30.5 Å². The molecule has 1 nitrogen and oxygen atoms in total. The molecule has 0 bridgehead atoms. The Balaban J connectivity index is 2.08. The van der Waals surface area contributed by atoms with E-state index in [2.05, 4.69) is 4.74 Å². The quantitative estimate of drug-likeness (QED) is 0.598. The van der Waals surface area contributed by atoms with E-state index in [0.29, 0.717) is 5.92 Å². The van der Waals surface area contributed by atoms with Crippen molar-refractivity contribution in [2.24, 2.45) is 0 Å². The highest BCUT2D eigenvalue weighted by atomic mass is 35.6. The summed E-state index contributed by atoms with van der Waals surface area (Å²) < 4.78 is 41.6. The van der Waals surface area contributed by atoms with Crippen molar-refractivity contribution in [3.8, 4) is 5.75 Å². The average Bonchev–Trinajstić information content (AvgIpc) is 2.32. The zero-order valence-corrected chi connectivity index (χ0v) is 11.6. The first-order valence-corrected chi connectivity index (χ1v) is 9.32. The number of benzene rings is 1. The second kappa shape index (κ2) is 5.97. The van der Waals surface area contributed by atoms with Crippen molar-refractivity contribution < 1.29 is 17.9 Å². The summed E-state index contributed by atoms with van der Waals surface area (Å²) in [5, 5.41) is 0. The van der Waals surface area contributed by atoms with Gasteiger partial charge < -0.3 is 4.74 Å². The fourth-order valence-corrected chi connectivity index (χ4v) is 4.92. The fourth-order valence-electron chi connectivity index (χ4n) is 2.35. The second-order valence-corrected chi connectivity index (χ2v) is 8.72. The molecule has 0 amide bonds. The molecule has 0 aliphatic carbocycles. The molecule has 18 heavy (non-hydrogen) atoms. The monoisotopic (exact) mass is 294 g/mol. The molecule has 1 fully saturated rings. The minimum atomic E-state index is -3.00. The average molecular weight is 295 g/mol. The van der Waals surface area contributed by atoms with E-state index < -0.39 is 26.3 Å². The Morgan fingerprint density at radius 3 is 2.50 bits per heavy atom. The van der Waals surface area contributed by atoms with Crippen molar-refractivity contribution in [2.45, 2.75) is 37.5 Å². The molecule has 0 atom stereocenters. The van der Waals surface area contributed by atoms with Gasteiger partial charge in [-0.2, -0.15) is 19.9 Å². The van der Waals surface area contributed by atoms with Crippen LogP contribution in [0.5, 0.6) is 5.75 Å². The van der Waals surface area contributed by atoms with Gasteiger partial charge in [0.2, 0.25) is 0 Å². The number of ether oxygens (including phenoxy) is 1. The Morgan fingerprint density at radius 2 is 1.94 bits per heavy atom. The van der Waals surface area contributed by atoms with Gasteiger partial charge in [0, 0.05) is 0 Å². The number of halogens is 4. The van der Waals surface area contributed by atoms with E-state index >= 15 is 0 Å². The number of hydrogen-bond donors (Lipinski definition) is 0. The first-order valence-electron chi connectivity index (χ1n) is 5.94. The van der Waals surface area contributed by atoms with Crippen molar-refractivity contribution in [1.82, 2.24) is 0 Å². The Kier molecular flexibility index (Phi) is 4.56. The van der Waals surface area contributed by atoms with Crippen LogP contribution in [-0.4, -0.2) is 14.7 Å². The summed E-state index contributed by atoms with van der Waals surface area (Å²) in [6.45, 7) is -3.00. The molecule has 0 radical (unpaired) electrons. The lowest BCUT2D eigenvalue weighted by molar-refractivity contribution is -0.0522. The number of hydrogen-bond acceptors (Lipinski definition) is 1. The highest BCUT2D eigenvalue weighted by molar-refractivity contribution is 7.07. The van der Waals surface area contributed by atoms with Crippen LogP contribution in [0.1, 0.15) is 24.3 Å². The molecule has 0 N–H and O–H groups in total. The summed E-state index contributed by atoms with van der Waals surface area (Å²) in [5.41, 5.74) is 0.853. The Bertz CT molecular complexity index is 408. The number of alkyl halides is 2. The summed E-state index contributed by atoms with van der Waals surface area (Å²) in [6.07, 6.45) is 1.93. The standard InChI is InChI=1S/C12H14ClF3OSi/c13-18-5-3-8(4-6-18)9-1-2-11(10(14)7-9)17-12(15)16/h1-2,7-8,12,18H,3-6H2. The lowest BCUT2D eigenvalue weighted by atomic mass is 9.93. The first kappa shape index (κ1) is 13.7. The third-order valence-corrected chi connectivity index (χ3v) is 6.53. The molecule has 1 aliphatic rings. The van der Waals surface area contributed by atoms with Crippen LogP contribution in [0, 0.1) is 5.82 Å². The molecule has 1 aliphatic heterocycles. The third kappa shape index (κ3) is 3.42. The SMILES string of the molecule is Fc1cc(C2CC[SiH](Cl)CC2)ccc1OC(F)F. The predicted octanol–water partition coefficient (Wildman–Crippen LogP) is 4.27. The van der Waals surface area contributed by atoms with E-state index in [-0.39, 0.29) is 0 Å². The van der Waals surface area contributed by atoms with Gasteiger partial charge in [0.25, 0.3) is 0 Å². The maximum atomic E-state index is 13.6. The number of rotatable bonds is 3. The molecular formula is C12H14ClF3OSi. The molecule has 1 aromatic rings. The van der Waals surface area contributed by atoms with E-state index in [1.165, 1.54) is 12.1 Å². The van der Waals surface area contributed by atoms with E-state index in [4.69, 9.17) is 11.1 Å². The smallest absolute Gasteiger partial charge is 0.387 e. The molecule has 2 rings (SSSR count). The van der Waals surface area contributed by atoms with Gasteiger partial charge in [-0.3, -0.25) is 0 Å². The predicted molar refractivity (Wildman–Crippen MR) is 67.6 cm³/mol. The minimum Gasteiger partial charge on any atom is -0.432 e. The van der Waals surface area contributed by atoms with Crippen LogP contribution in [-0.2, 0) is 0 Å². The van der Waals surface area contributed by atoms with Crippen molar-refractivity contribution in [1.29, 1.82) is 0 Å². The van der Waals surface area contributed by atoms with Gasteiger partial charge in [-0.15, -0.1) is 0 Å². The van der Waals surface area contributed by atoms with E-state index in [1.54, 1.807) is 6.07 Å². The summed E-state index contributed by atoms with van der Waals surface area (Å²) in [6, 6.07) is 6.34. The van der Waals surface area contributed by atoms with Gasteiger partial charge in [-0.05, 0) is 48.5 Å². The summed E-state index contributed by atoms with van der Waals surface area (Å²) in [4.78, 5) is 0. The van der Waals surface area contributed by atoms with Crippen LogP contribution in [0.15, 0.2) is 18.2 Å². The van der Waals surface area contributed by atoms with E-state index in [1.807, 2.05) is 0 Å². The molecule has 1 saturated heterocycles. The van der Waals surface area contributed by atoms with Crippen molar-refractivity contribution >= 4 is 19.2 Å². The summed E-state index contributed by atoms with van der Waals surface area (Å²) in [5.74, 6) is -0.824. The maximum absolute atomic E-state index is 13.6. The van der Waals surface area contributed by atoms with Gasteiger partial charge in [0.05, 0.1) is 0 Å². The van der Waals surface area contributed by atoms with Crippen molar-refractivity contribution in [2.75, 3.05) is 0 Å². The zero-order valence-electron chi connectivity index (χ0n) is 9.71. The maximum Gasteiger partial charge on any atom is 0.387 e. The van der Waals surface area contributed by atoms with Crippen molar-refractivity contribution in [3.63, 3.8) is 0 Å². The topological polar surface area (TPSA) is 9.23 Å². The van der Waals surface area contributed by atoms with Gasteiger partial charge in [0.15, 0.2) is 11.6 Å². The summed E-state index contributed by atoms with van der Waals surface area (Å²) >= 11 is 6.14. The van der Waals surface area contributed by atoms with Crippen LogP contribution in [0.25, 0.3) is 0 Å². The minimum absolute atomic E-state index is 0.294. The molecule has 0 unspecified atom stereocenters. The van der Waals surface area contributed by atoms with Crippen LogP contribution in [0.3, 0.4) is 0 Å². The van der Waals surface area contributed by atoms with Gasteiger partial charge in [-0.25, -0.2) is 4.39 Å². The van der Waals surface area contributed by atoms with Gasteiger partial charge in [-0.1, -0.05) is 6.07 Å². The molecule has 0 saturated carbocycles. The van der Waals surface area contributed by atoms with Crippen LogP contribution < -0.4 is 4.74 Å². The van der Waals surface area contributed by atoms with Crippen molar-refractivity contribution in [3.05, 3.63) is 29.6 Å². The fraction of sp³-hybridized carbons (Fsp3) is 0.500. The Hall–Kier alpha value is -0.683. The molecule has 1 aromatic carbocycles.